The van der Waals surface area contributed by atoms with E-state index in [1.165, 1.54) is 6.42 Å². The molecule has 3 heteroatoms. The zero-order valence-electron chi connectivity index (χ0n) is 11.3. The first kappa shape index (κ1) is 14.1. The smallest absolute Gasteiger partial charge is 0.309 e. The lowest BCUT2D eigenvalue weighted by molar-refractivity contribution is -0.152. The molecule has 0 heterocycles. The van der Waals surface area contributed by atoms with Crippen molar-refractivity contribution in [1.82, 2.24) is 0 Å². The Morgan fingerprint density at radius 3 is 2.47 bits per heavy atom. The van der Waals surface area contributed by atoms with E-state index in [9.17, 15) is 9.90 Å². The van der Waals surface area contributed by atoms with E-state index in [4.69, 9.17) is 4.74 Å². The highest BCUT2D eigenvalue weighted by Gasteiger charge is 2.38. The molecule has 1 aromatic rings. The number of hydrogen-bond donors (Lipinski definition) is 1. The summed E-state index contributed by atoms with van der Waals surface area (Å²) in [5.41, 5.74) is 0.602. The monoisotopic (exact) mass is 262 g/mol. The van der Waals surface area contributed by atoms with Crippen LogP contribution in [0.1, 0.15) is 44.1 Å². The largest absolute Gasteiger partial charge is 0.481 e. The van der Waals surface area contributed by atoms with Crippen LogP contribution < -0.4 is 0 Å². The SMILES string of the molecule is O=C(O)C1(CCOCc2ccccc2)CCCCC1. The van der Waals surface area contributed by atoms with Crippen LogP contribution in [0.5, 0.6) is 0 Å². The number of aliphatic carboxylic acids is 1. The Bertz CT molecular complexity index is 394. The van der Waals surface area contributed by atoms with Gasteiger partial charge in [0.05, 0.1) is 12.0 Å². The molecule has 0 atom stereocenters. The van der Waals surface area contributed by atoms with Crippen LogP contribution in [0.25, 0.3) is 0 Å². The van der Waals surface area contributed by atoms with Crippen LogP contribution in [-0.2, 0) is 16.1 Å². The molecule has 2 rings (SSSR count). The van der Waals surface area contributed by atoms with Gasteiger partial charge in [0, 0.05) is 6.61 Å². The zero-order valence-corrected chi connectivity index (χ0v) is 11.3. The number of carboxylic acid groups (broad SMARTS) is 1. The summed E-state index contributed by atoms with van der Waals surface area (Å²) in [5, 5.41) is 9.45. The zero-order chi connectivity index (χ0) is 13.6. The number of rotatable bonds is 6. The number of benzene rings is 1. The highest BCUT2D eigenvalue weighted by Crippen LogP contribution is 2.39. The van der Waals surface area contributed by atoms with Crippen LogP contribution in [0, 0.1) is 5.41 Å². The van der Waals surface area contributed by atoms with Gasteiger partial charge in [-0.15, -0.1) is 0 Å². The predicted molar refractivity (Wildman–Crippen MR) is 73.9 cm³/mol. The van der Waals surface area contributed by atoms with Crippen molar-refractivity contribution in [3.63, 3.8) is 0 Å². The van der Waals surface area contributed by atoms with Gasteiger partial charge in [0.15, 0.2) is 0 Å². The average molecular weight is 262 g/mol. The molecule has 1 fully saturated rings. The normalized spacial score (nSPS) is 18.1. The van der Waals surface area contributed by atoms with Gasteiger partial charge in [-0.3, -0.25) is 4.79 Å². The van der Waals surface area contributed by atoms with Gasteiger partial charge >= 0.3 is 5.97 Å². The van der Waals surface area contributed by atoms with Crippen LogP contribution in [0.15, 0.2) is 30.3 Å². The highest BCUT2D eigenvalue weighted by atomic mass is 16.5. The maximum absolute atomic E-state index is 11.5. The van der Waals surface area contributed by atoms with E-state index in [0.29, 0.717) is 19.6 Å². The lowest BCUT2D eigenvalue weighted by Crippen LogP contribution is -2.34. The number of carbonyl (C=O) groups is 1. The fourth-order valence-corrected chi connectivity index (χ4v) is 2.83. The van der Waals surface area contributed by atoms with Crippen LogP contribution in [0.4, 0.5) is 0 Å². The molecular formula is C16H22O3. The topological polar surface area (TPSA) is 46.5 Å². The molecule has 1 aliphatic rings. The molecule has 1 aliphatic carbocycles. The standard InChI is InChI=1S/C16H22O3/c17-15(18)16(9-5-2-6-10-16)11-12-19-13-14-7-3-1-4-8-14/h1,3-4,7-8H,2,5-6,9-13H2,(H,17,18). The minimum absolute atomic E-state index is 0.529. The molecule has 0 aromatic heterocycles. The first-order valence-corrected chi connectivity index (χ1v) is 7.08. The van der Waals surface area contributed by atoms with Crippen LogP contribution in [0.2, 0.25) is 0 Å². The van der Waals surface area contributed by atoms with E-state index < -0.39 is 11.4 Å². The molecule has 0 aliphatic heterocycles. The Balaban J connectivity index is 1.78. The summed E-state index contributed by atoms with van der Waals surface area (Å²) < 4.78 is 5.63. The van der Waals surface area contributed by atoms with E-state index in [-0.39, 0.29) is 0 Å². The number of carboxylic acids is 1. The van der Waals surface area contributed by atoms with E-state index in [2.05, 4.69) is 0 Å². The summed E-state index contributed by atoms with van der Waals surface area (Å²) in [7, 11) is 0. The maximum Gasteiger partial charge on any atom is 0.309 e. The highest BCUT2D eigenvalue weighted by molar-refractivity contribution is 5.74. The van der Waals surface area contributed by atoms with Gasteiger partial charge in [0.1, 0.15) is 0 Å². The molecule has 19 heavy (non-hydrogen) atoms. The van der Waals surface area contributed by atoms with Gasteiger partial charge in [-0.05, 0) is 24.8 Å². The number of ether oxygens (including phenoxy) is 1. The minimum atomic E-state index is -0.643. The summed E-state index contributed by atoms with van der Waals surface area (Å²) in [5.74, 6) is -0.643. The van der Waals surface area contributed by atoms with Gasteiger partial charge < -0.3 is 9.84 Å². The van der Waals surface area contributed by atoms with Crippen molar-refractivity contribution in [3.05, 3.63) is 35.9 Å². The second-order valence-electron chi connectivity index (χ2n) is 5.43. The fraction of sp³-hybridized carbons (Fsp3) is 0.562. The second kappa shape index (κ2) is 6.71. The van der Waals surface area contributed by atoms with Crippen molar-refractivity contribution in [3.8, 4) is 0 Å². The van der Waals surface area contributed by atoms with Crippen molar-refractivity contribution < 1.29 is 14.6 Å². The first-order valence-electron chi connectivity index (χ1n) is 7.08. The lowest BCUT2D eigenvalue weighted by Gasteiger charge is -2.33. The van der Waals surface area contributed by atoms with Crippen molar-refractivity contribution >= 4 is 5.97 Å². The quantitative estimate of drug-likeness (QED) is 0.796. The Morgan fingerprint density at radius 2 is 1.84 bits per heavy atom. The summed E-state index contributed by atoms with van der Waals surface area (Å²) in [4.78, 5) is 11.5. The fourth-order valence-electron chi connectivity index (χ4n) is 2.83. The van der Waals surface area contributed by atoms with Crippen molar-refractivity contribution in [1.29, 1.82) is 0 Å². The van der Waals surface area contributed by atoms with Crippen LogP contribution in [-0.4, -0.2) is 17.7 Å². The van der Waals surface area contributed by atoms with E-state index in [1.807, 2.05) is 30.3 Å². The summed E-state index contributed by atoms with van der Waals surface area (Å²) in [6.45, 7) is 1.09. The molecule has 0 saturated heterocycles. The van der Waals surface area contributed by atoms with Gasteiger partial charge in [0.25, 0.3) is 0 Å². The molecule has 0 amide bonds. The van der Waals surface area contributed by atoms with Gasteiger partial charge in [-0.2, -0.15) is 0 Å². The Kier molecular flexibility index (Phi) is 4.97. The summed E-state index contributed by atoms with van der Waals surface area (Å²) >= 11 is 0. The van der Waals surface area contributed by atoms with Gasteiger partial charge in [-0.25, -0.2) is 0 Å². The van der Waals surface area contributed by atoms with E-state index in [1.54, 1.807) is 0 Å². The second-order valence-corrected chi connectivity index (χ2v) is 5.43. The molecule has 1 aromatic carbocycles. The summed E-state index contributed by atoms with van der Waals surface area (Å²) in [6.07, 6.45) is 5.47. The molecule has 104 valence electrons. The maximum atomic E-state index is 11.5. The lowest BCUT2D eigenvalue weighted by atomic mass is 9.72. The van der Waals surface area contributed by atoms with Crippen LogP contribution >= 0.6 is 0 Å². The third kappa shape index (κ3) is 3.80. The van der Waals surface area contributed by atoms with E-state index in [0.717, 1.165) is 31.2 Å². The first-order chi connectivity index (χ1) is 9.23. The minimum Gasteiger partial charge on any atom is -0.481 e. The van der Waals surface area contributed by atoms with Gasteiger partial charge in [-0.1, -0.05) is 49.6 Å². The van der Waals surface area contributed by atoms with Gasteiger partial charge in [0.2, 0.25) is 0 Å². The molecule has 1 N–H and O–H groups in total. The molecule has 3 nitrogen and oxygen atoms in total. The van der Waals surface area contributed by atoms with Crippen molar-refractivity contribution in [2.45, 2.75) is 45.1 Å². The Labute approximate surface area is 114 Å². The third-order valence-corrected chi connectivity index (χ3v) is 4.10. The average Bonchev–Trinajstić information content (AvgIpc) is 2.46. The molecule has 0 unspecified atom stereocenters. The third-order valence-electron chi connectivity index (χ3n) is 4.10. The predicted octanol–water partition coefficient (Wildman–Crippen LogP) is 3.63. The molecular weight excluding hydrogens is 240 g/mol. The molecule has 1 saturated carbocycles. The Morgan fingerprint density at radius 1 is 1.16 bits per heavy atom. The molecule has 0 radical (unpaired) electrons. The van der Waals surface area contributed by atoms with Crippen LogP contribution in [0.3, 0.4) is 0 Å². The molecule has 0 spiro atoms. The van der Waals surface area contributed by atoms with Crippen molar-refractivity contribution in [2.75, 3.05) is 6.61 Å². The number of hydrogen-bond acceptors (Lipinski definition) is 2. The molecule has 0 bridgehead atoms. The summed E-state index contributed by atoms with van der Waals surface area (Å²) in [6, 6.07) is 9.99. The van der Waals surface area contributed by atoms with E-state index >= 15 is 0 Å². The van der Waals surface area contributed by atoms with Crippen molar-refractivity contribution in [2.24, 2.45) is 5.41 Å². The Hall–Kier alpha value is -1.35.